The van der Waals surface area contributed by atoms with Crippen molar-refractivity contribution >= 4 is 23.2 Å². The summed E-state index contributed by atoms with van der Waals surface area (Å²) in [6.07, 6.45) is 3.33. The summed E-state index contributed by atoms with van der Waals surface area (Å²) in [7, 11) is 0. The van der Waals surface area contributed by atoms with Crippen LogP contribution >= 0.6 is 11.3 Å². The summed E-state index contributed by atoms with van der Waals surface area (Å²) in [6, 6.07) is 1.63. The molecule has 5 heteroatoms. The number of aliphatic carboxylic acids is 1. The molecular weight excluding hydrogens is 262 g/mol. The number of carboxylic acids is 1. The summed E-state index contributed by atoms with van der Waals surface area (Å²) in [5.74, 6) is -1.39. The maximum Gasteiger partial charge on any atom is 0.308 e. The van der Waals surface area contributed by atoms with Gasteiger partial charge >= 0.3 is 5.97 Å². The van der Waals surface area contributed by atoms with Gasteiger partial charge in [-0.2, -0.15) is 0 Å². The Morgan fingerprint density at radius 3 is 2.58 bits per heavy atom. The fourth-order valence-electron chi connectivity index (χ4n) is 2.52. The number of hydrogen-bond donors (Lipinski definition) is 2. The van der Waals surface area contributed by atoms with Crippen molar-refractivity contribution in [3.05, 3.63) is 21.4 Å². The van der Waals surface area contributed by atoms with E-state index in [1.54, 1.807) is 0 Å². The van der Waals surface area contributed by atoms with E-state index >= 15 is 0 Å². The van der Waals surface area contributed by atoms with Crippen LogP contribution in [0.2, 0.25) is 0 Å². The van der Waals surface area contributed by atoms with Crippen LogP contribution in [0.15, 0.2) is 6.07 Å². The van der Waals surface area contributed by atoms with Gasteiger partial charge in [-0.15, -0.1) is 11.3 Å². The summed E-state index contributed by atoms with van der Waals surface area (Å²) in [4.78, 5) is 25.1. The highest BCUT2D eigenvalue weighted by Crippen LogP contribution is 2.26. The summed E-state index contributed by atoms with van der Waals surface area (Å²) in [5, 5.41) is 12.1. The standard InChI is InChI=1S/C14H19NO3S/c1-8-7-12(19-9(8)2)13(16)15-11-6-4-3-5-10(11)14(17)18/h7,10-11H,3-6H2,1-2H3,(H,15,16)(H,17,18). The molecule has 1 amide bonds. The molecule has 1 fully saturated rings. The number of aryl methyl sites for hydroxylation is 2. The topological polar surface area (TPSA) is 66.4 Å². The minimum atomic E-state index is -0.802. The number of amides is 1. The van der Waals surface area contributed by atoms with E-state index in [1.165, 1.54) is 11.3 Å². The van der Waals surface area contributed by atoms with E-state index < -0.39 is 11.9 Å². The molecule has 19 heavy (non-hydrogen) atoms. The molecule has 0 aliphatic heterocycles. The lowest BCUT2D eigenvalue weighted by Gasteiger charge is -2.29. The lowest BCUT2D eigenvalue weighted by Crippen LogP contribution is -2.44. The number of carbonyl (C=O) groups excluding carboxylic acids is 1. The van der Waals surface area contributed by atoms with E-state index in [-0.39, 0.29) is 11.9 Å². The summed E-state index contributed by atoms with van der Waals surface area (Å²) < 4.78 is 0. The number of nitrogens with one attached hydrogen (secondary N) is 1. The average molecular weight is 281 g/mol. The number of rotatable bonds is 3. The third-order valence-electron chi connectivity index (χ3n) is 3.79. The number of carboxylic acid groups (broad SMARTS) is 1. The monoisotopic (exact) mass is 281 g/mol. The molecule has 2 N–H and O–H groups in total. The normalized spacial score (nSPS) is 23.1. The molecule has 1 saturated carbocycles. The van der Waals surface area contributed by atoms with Crippen LogP contribution in [0.3, 0.4) is 0 Å². The van der Waals surface area contributed by atoms with Crippen LogP contribution in [0.4, 0.5) is 0 Å². The molecule has 0 bridgehead atoms. The fourth-order valence-corrected chi connectivity index (χ4v) is 3.46. The van der Waals surface area contributed by atoms with Crippen molar-refractivity contribution < 1.29 is 14.7 Å². The van der Waals surface area contributed by atoms with Gasteiger partial charge in [0, 0.05) is 10.9 Å². The summed E-state index contributed by atoms with van der Waals surface area (Å²) >= 11 is 1.46. The summed E-state index contributed by atoms with van der Waals surface area (Å²) in [6.45, 7) is 3.96. The largest absolute Gasteiger partial charge is 0.481 e. The van der Waals surface area contributed by atoms with Gasteiger partial charge in [0.15, 0.2) is 0 Å². The van der Waals surface area contributed by atoms with E-state index in [0.717, 1.165) is 29.7 Å². The second-order valence-electron chi connectivity index (χ2n) is 5.16. The van der Waals surface area contributed by atoms with Gasteiger partial charge < -0.3 is 10.4 Å². The van der Waals surface area contributed by atoms with Gasteiger partial charge in [0.2, 0.25) is 0 Å². The maximum atomic E-state index is 12.2. The van der Waals surface area contributed by atoms with Crippen molar-refractivity contribution in [1.82, 2.24) is 5.32 Å². The molecule has 1 aliphatic rings. The number of carbonyl (C=O) groups is 2. The van der Waals surface area contributed by atoms with Crippen LogP contribution in [-0.2, 0) is 4.79 Å². The highest BCUT2D eigenvalue weighted by molar-refractivity contribution is 7.14. The smallest absolute Gasteiger partial charge is 0.308 e. The molecule has 104 valence electrons. The van der Waals surface area contributed by atoms with Crippen molar-refractivity contribution in [3.63, 3.8) is 0 Å². The minimum Gasteiger partial charge on any atom is -0.481 e. The Balaban J connectivity index is 2.06. The van der Waals surface area contributed by atoms with Crippen molar-refractivity contribution in [1.29, 1.82) is 0 Å². The molecule has 1 aliphatic carbocycles. The highest BCUT2D eigenvalue weighted by Gasteiger charge is 2.32. The molecule has 1 heterocycles. The fraction of sp³-hybridized carbons (Fsp3) is 0.571. The zero-order valence-electron chi connectivity index (χ0n) is 11.2. The first-order valence-corrected chi connectivity index (χ1v) is 7.41. The second-order valence-corrected chi connectivity index (χ2v) is 6.42. The number of hydrogen-bond acceptors (Lipinski definition) is 3. The van der Waals surface area contributed by atoms with Crippen molar-refractivity contribution in [3.8, 4) is 0 Å². The average Bonchev–Trinajstić information content (AvgIpc) is 2.70. The molecule has 0 radical (unpaired) electrons. The predicted molar refractivity (Wildman–Crippen MR) is 74.6 cm³/mol. The molecule has 1 aromatic heterocycles. The Bertz CT molecular complexity index is 475. The van der Waals surface area contributed by atoms with Crippen molar-refractivity contribution in [2.75, 3.05) is 0 Å². The molecule has 0 aromatic carbocycles. The van der Waals surface area contributed by atoms with E-state index in [0.29, 0.717) is 11.3 Å². The van der Waals surface area contributed by atoms with Crippen molar-refractivity contribution in [2.45, 2.75) is 45.6 Å². The Morgan fingerprint density at radius 2 is 2.00 bits per heavy atom. The third-order valence-corrected chi connectivity index (χ3v) is 4.94. The van der Waals surface area contributed by atoms with Gasteiger partial charge in [-0.25, -0.2) is 0 Å². The first-order valence-electron chi connectivity index (χ1n) is 6.59. The van der Waals surface area contributed by atoms with Gasteiger partial charge in [0.05, 0.1) is 10.8 Å². The van der Waals surface area contributed by atoms with Crippen LogP contribution in [-0.4, -0.2) is 23.0 Å². The van der Waals surface area contributed by atoms with E-state index in [9.17, 15) is 14.7 Å². The zero-order valence-corrected chi connectivity index (χ0v) is 12.0. The molecule has 4 nitrogen and oxygen atoms in total. The molecule has 1 aromatic rings. The molecule has 2 unspecified atom stereocenters. The minimum absolute atomic E-state index is 0.139. The zero-order chi connectivity index (χ0) is 14.0. The predicted octanol–water partition coefficient (Wildman–Crippen LogP) is 2.74. The van der Waals surface area contributed by atoms with Gasteiger partial charge in [0.25, 0.3) is 5.91 Å². The quantitative estimate of drug-likeness (QED) is 0.895. The SMILES string of the molecule is Cc1cc(C(=O)NC2CCCCC2C(=O)O)sc1C. The first-order chi connectivity index (χ1) is 8.99. The molecule has 2 atom stereocenters. The van der Waals surface area contributed by atoms with Crippen LogP contribution < -0.4 is 5.32 Å². The van der Waals surface area contributed by atoms with Crippen LogP contribution in [0.5, 0.6) is 0 Å². The molecule has 2 rings (SSSR count). The van der Waals surface area contributed by atoms with Gasteiger partial charge in [0.1, 0.15) is 0 Å². The third kappa shape index (κ3) is 3.15. The van der Waals surface area contributed by atoms with Gasteiger partial charge in [-0.3, -0.25) is 9.59 Å². The second kappa shape index (κ2) is 5.74. The number of thiophene rings is 1. The highest BCUT2D eigenvalue weighted by atomic mass is 32.1. The Labute approximate surface area is 116 Å². The molecule has 0 saturated heterocycles. The molecule has 0 spiro atoms. The van der Waals surface area contributed by atoms with Crippen molar-refractivity contribution in [2.24, 2.45) is 5.92 Å². The van der Waals surface area contributed by atoms with Crippen LogP contribution in [0, 0.1) is 19.8 Å². The Kier molecular flexibility index (Phi) is 4.24. The van der Waals surface area contributed by atoms with Gasteiger partial charge in [-0.1, -0.05) is 12.8 Å². The van der Waals surface area contributed by atoms with Crippen LogP contribution in [0.1, 0.15) is 45.8 Å². The Hall–Kier alpha value is -1.36. The Morgan fingerprint density at radius 1 is 1.32 bits per heavy atom. The van der Waals surface area contributed by atoms with E-state index in [4.69, 9.17) is 0 Å². The van der Waals surface area contributed by atoms with E-state index in [1.807, 2.05) is 19.9 Å². The van der Waals surface area contributed by atoms with Crippen LogP contribution in [0.25, 0.3) is 0 Å². The molecular formula is C14H19NO3S. The lowest BCUT2D eigenvalue weighted by molar-refractivity contribution is -0.143. The summed E-state index contributed by atoms with van der Waals surface area (Å²) in [5.41, 5.74) is 1.11. The van der Waals surface area contributed by atoms with Gasteiger partial charge in [-0.05, 0) is 38.3 Å². The maximum absolute atomic E-state index is 12.2. The lowest BCUT2D eigenvalue weighted by atomic mass is 9.84. The van der Waals surface area contributed by atoms with E-state index in [2.05, 4.69) is 5.32 Å². The first kappa shape index (κ1) is 14.1.